The van der Waals surface area contributed by atoms with Crippen LogP contribution in [0.15, 0.2) is 16.9 Å². The minimum atomic E-state index is -1.19. The minimum absolute atomic E-state index is 0.0195. The molecule has 7 heteroatoms. The highest BCUT2D eigenvalue weighted by Crippen LogP contribution is 2.19. The molecule has 0 amide bonds. The first kappa shape index (κ1) is 16.9. The Morgan fingerprint density at radius 2 is 2.09 bits per heavy atom. The smallest absolute Gasteiger partial charge is 0.258 e. The number of nitrogens with one attached hydrogen (secondary N) is 1. The molecule has 1 aromatic heterocycles. The molecule has 118 valence electrons. The number of nitriles is 1. The van der Waals surface area contributed by atoms with Crippen LogP contribution in [0.2, 0.25) is 0 Å². The molecule has 0 aliphatic heterocycles. The Bertz CT molecular complexity index is 896. The van der Waals surface area contributed by atoms with Crippen LogP contribution in [0.4, 0.5) is 0 Å². The van der Waals surface area contributed by atoms with Crippen LogP contribution in [-0.2, 0) is 9.59 Å². The Kier molecular flexibility index (Phi) is 4.96. The van der Waals surface area contributed by atoms with Gasteiger partial charge < -0.3 is 4.98 Å². The Morgan fingerprint density at radius 3 is 2.70 bits per heavy atom. The molecule has 0 radical (unpaired) electrons. The van der Waals surface area contributed by atoms with Gasteiger partial charge in [0.2, 0.25) is 0 Å². The summed E-state index contributed by atoms with van der Waals surface area (Å²) in [6.07, 6.45) is 0. The van der Waals surface area contributed by atoms with Gasteiger partial charge in [-0.05, 0) is 31.0 Å². The Balaban J connectivity index is 2.50. The van der Waals surface area contributed by atoms with Crippen molar-refractivity contribution in [2.75, 3.05) is 5.75 Å². The zero-order valence-electron chi connectivity index (χ0n) is 13.0. The zero-order chi connectivity index (χ0) is 17.1. The fourth-order valence-corrected chi connectivity index (χ4v) is 2.80. The van der Waals surface area contributed by atoms with E-state index in [4.69, 9.17) is 0 Å². The molecular weight excluding hydrogens is 314 g/mol. The molecule has 0 saturated carbocycles. The lowest BCUT2D eigenvalue weighted by molar-refractivity contribution is -0.117. The maximum Gasteiger partial charge on any atom is 0.258 e. The van der Waals surface area contributed by atoms with E-state index >= 15 is 0 Å². The molecule has 2 rings (SSSR count). The molecule has 0 bridgehead atoms. The van der Waals surface area contributed by atoms with Crippen molar-refractivity contribution >= 4 is 33.6 Å². The van der Waals surface area contributed by atoms with Crippen LogP contribution in [0.5, 0.6) is 0 Å². The lowest BCUT2D eigenvalue weighted by Crippen LogP contribution is -2.21. The number of benzene rings is 1. The monoisotopic (exact) mass is 329 g/mol. The maximum atomic E-state index is 12.2. The van der Waals surface area contributed by atoms with Gasteiger partial charge >= 0.3 is 0 Å². The number of hydrogen-bond donors (Lipinski definition) is 1. The minimum Gasteiger partial charge on any atom is -0.308 e. The van der Waals surface area contributed by atoms with Crippen LogP contribution in [-0.4, -0.2) is 26.6 Å². The maximum absolute atomic E-state index is 12.2. The van der Waals surface area contributed by atoms with Gasteiger partial charge in [0.1, 0.15) is 5.82 Å². The number of aryl methyl sites for hydroxylation is 2. The second-order valence-corrected chi connectivity index (χ2v) is 6.39. The van der Waals surface area contributed by atoms with Gasteiger partial charge in [0, 0.05) is 6.92 Å². The summed E-state index contributed by atoms with van der Waals surface area (Å²) in [5, 5.41) is 9.48. The van der Waals surface area contributed by atoms with E-state index in [9.17, 15) is 19.6 Å². The molecule has 1 aromatic carbocycles. The van der Waals surface area contributed by atoms with Gasteiger partial charge in [0.05, 0.1) is 22.7 Å². The average molecular weight is 329 g/mol. The number of thioether (sulfide) groups is 1. The van der Waals surface area contributed by atoms with Gasteiger partial charge in [0.15, 0.2) is 16.8 Å². The summed E-state index contributed by atoms with van der Waals surface area (Å²) in [4.78, 5) is 42.1. The van der Waals surface area contributed by atoms with Crippen LogP contribution in [0.1, 0.15) is 29.8 Å². The van der Waals surface area contributed by atoms with Crippen LogP contribution < -0.4 is 5.56 Å². The summed E-state index contributed by atoms with van der Waals surface area (Å²) in [6, 6.07) is 5.46. The van der Waals surface area contributed by atoms with E-state index in [0.717, 1.165) is 22.9 Å². The average Bonchev–Trinajstić information content (AvgIpc) is 2.47. The fraction of sp³-hybridized carbons (Fsp3) is 0.312. The predicted octanol–water partition coefficient (Wildman–Crippen LogP) is 2.00. The number of ketones is 1. The van der Waals surface area contributed by atoms with Crippen molar-refractivity contribution in [2.24, 2.45) is 0 Å². The van der Waals surface area contributed by atoms with Gasteiger partial charge in [-0.3, -0.25) is 14.4 Å². The normalized spacial score (nSPS) is 11.9. The molecule has 1 N–H and O–H groups in total. The van der Waals surface area contributed by atoms with Crippen LogP contribution in [0.25, 0.3) is 10.9 Å². The van der Waals surface area contributed by atoms with Crippen molar-refractivity contribution in [3.05, 3.63) is 39.4 Å². The van der Waals surface area contributed by atoms with E-state index < -0.39 is 11.7 Å². The number of aromatic amines is 1. The van der Waals surface area contributed by atoms with Crippen molar-refractivity contribution < 1.29 is 9.59 Å². The third kappa shape index (κ3) is 3.66. The molecule has 0 spiro atoms. The third-order valence-corrected chi connectivity index (χ3v) is 4.14. The molecule has 1 atom stereocenters. The molecular formula is C16H15N3O3S. The van der Waals surface area contributed by atoms with E-state index in [1.165, 1.54) is 6.92 Å². The largest absolute Gasteiger partial charge is 0.308 e. The van der Waals surface area contributed by atoms with Crippen molar-refractivity contribution in [1.29, 1.82) is 5.26 Å². The van der Waals surface area contributed by atoms with E-state index in [1.54, 1.807) is 6.07 Å². The predicted molar refractivity (Wildman–Crippen MR) is 88.3 cm³/mol. The molecule has 23 heavy (non-hydrogen) atoms. The molecule has 2 aromatic rings. The Hall–Kier alpha value is -2.46. The van der Waals surface area contributed by atoms with Gasteiger partial charge in [-0.2, -0.15) is 5.26 Å². The van der Waals surface area contributed by atoms with Crippen molar-refractivity contribution in [2.45, 2.75) is 26.7 Å². The van der Waals surface area contributed by atoms with E-state index in [-0.39, 0.29) is 22.3 Å². The number of carbonyl (C=O) groups excluding carboxylic acids is 2. The molecule has 0 saturated heterocycles. The van der Waals surface area contributed by atoms with Crippen molar-refractivity contribution in [3.63, 3.8) is 0 Å². The van der Waals surface area contributed by atoms with Crippen LogP contribution in [0.3, 0.4) is 0 Å². The first-order chi connectivity index (χ1) is 10.8. The lowest BCUT2D eigenvalue weighted by atomic mass is 10.0. The Morgan fingerprint density at radius 1 is 1.39 bits per heavy atom. The van der Waals surface area contributed by atoms with E-state index in [0.29, 0.717) is 10.9 Å². The topological polar surface area (TPSA) is 104 Å². The van der Waals surface area contributed by atoms with Crippen LogP contribution in [0, 0.1) is 25.2 Å². The molecule has 1 unspecified atom stereocenters. The van der Waals surface area contributed by atoms with Gasteiger partial charge in [-0.25, -0.2) is 4.98 Å². The number of Topliss-reactive ketones (excluding diaryl/α,β-unsaturated/α-hetero) is 1. The number of fused-ring (bicyclic) bond motifs is 1. The molecule has 0 fully saturated rings. The quantitative estimate of drug-likeness (QED) is 0.920. The first-order valence-electron chi connectivity index (χ1n) is 6.90. The highest BCUT2D eigenvalue weighted by Gasteiger charge is 2.24. The number of H-pyrrole nitrogens is 1. The highest BCUT2D eigenvalue weighted by molar-refractivity contribution is 8.14. The summed E-state index contributed by atoms with van der Waals surface area (Å²) >= 11 is 0.831. The summed E-state index contributed by atoms with van der Waals surface area (Å²) in [6.45, 7) is 5.04. The fourth-order valence-electron chi connectivity index (χ4n) is 2.29. The summed E-state index contributed by atoms with van der Waals surface area (Å²) < 4.78 is 0. The Labute approximate surface area is 136 Å². The summed E-state index contributed by atoms with van der Waals surface area (Å²) in [5.74, 6) is -1.76. The highest BCUT2D eigenvalue weighted by atomic mass is 32.2. The SMILES string of the molecule is CC(=O)SCC(=O)C(C#N)c1nc2c(C)cc(C)cc2c(=O)[nH]1. The lowest BCUT2D eigenvalue weighted by Gasteiger charge is -2.09. The molecule has 0 aliphatic carbocycles. The first-order valence-corrected chi connectivity index (χ1v) is 7.89. The number of aromatic nitrogens is 2. The van der Waals surface area contributed by atoms with Gasteiger partial charge in [0.25, 0.3) is 5.56 Å². The summed E-state index contributed by atoms with van der Waals surface area (Å²) in [7, 11) is 0. The number of hydrogen-bond acceptors (Lipinski definition) is 6. The number of nitrogens with zero attached hydrogens (tertiary/aromatic N) is 2. The second-order valence-electron chi connectivity index (χ2n) is 5.24. The third-order valence-electron chi connectivity index (χ3n) is 3.31. The number of carbonyl (C=O) groups is 2. The second kappa shape index (κ2) is 6.75. The van der Waals surface area contributed by atoms with E-state index in [2.05, 4.69) is 9.97 Å². The molecule has 1 heterocycles. The van der Waals surface area contributed by atoms with E-state index in [1.807, 2.05) is 26.0 Å². The zero-order valence-corrected chi connectivity index (χ0v) is 13.8. The summed E-state index contributed by atoms with van der Waals surface area (Å²) in [5.41, 5.74) is 1.82. The van der Waals surface area contributed by atoms with Crippen LogP contribution >= 0.6 is 11.8 Å². The van der Waals surface area contributed by atoms with Gasteiger partial charge in [-0.15, -0.1) is 0 Å². The standard InChI is InChI=1S/C16H15N3O3S/c1-8-4-9(2)14-11(5-8)16(22)19-15(18-14)12(6-17)13(21)7-23-10(3)20/h4-5,12H,7H2,1-3H3,(H,18,19,22). The van der Waals surface area contributed by atoms with Crippen molar-refractivity contribution in [3.8, 4) is 6.07 Å². The molecule has 6 nitrogen and oxygen atoms in total. The number of rotatable bonds is 4. The van der Waals surface area contributed by atoms with Gasteiger partial charge in [-0.1, -0.05) is 17.8 Å². The van der Waals surface area contributed by atoms with Crippen molar-refractivity contribution in [1.82, 2.24) is 9.97 Å². The molecule has 0 aliphatic rings.